The van der Waals surface area contributed by atoms with Gasteiger partial charge in [-0.05, 0) is 37.3 Å². The predicted octanol–water partition coefficient (Wildman–Crippen LogP) is 4.42. The van der Waals surface area contributed by atoms with Gasteiger partial charge in [-0.2, -0.15) is 0 Å². The maximum Gasteiger partial charge on any atom is 0.255 e. The van der Waals surface area contributed by atoms with E-state index in [1.54, 1.807) is 12.1 Å². The van der Waals surface area contributed by atoms with Crippen LogP contribution in [0.3, 0.4) is 0 Å². The number of benzene rings is 1. The molecule has 0 bridgehead atoms. The van der Waals surface area contributed by atoms with Gasteiger partial charge in [0.15, 0.2) is 0 Å². The van der Waals surface area contributed by atoms with Crippen LogP contribution in [0.15, 0.2) is 24.3 Å². The number of halogens is 1. The molecule has 1 aromatic rings. The van der Waals surface area contributed by atoms with E-state index in [1.165, 1.54) is 32.1 Å². The van der Waals surface area contributed by atoms with E-state index in [2.05, 4.69) is 5.32 Å². The van der Waals surface area contributed by atoms with Crippen molar-refractivity contribution in [2.45, 2.75) is 63.8 Å². The third-order valence-corrected chi connectivity index (χ3v) is 6.09. The molecule has 2 amide bonds. The molecule has 26 heavy (non-hydrogen) atoms. The number of piperidine rings is 1. The molecule has 1 heterocycles. The lowest BCUT2D eigenvalue weighted by Crippen LogP contribution is -2.46. The van der Waals surface area contributed by atoms with Crippen molar-refractivity contribution in [3.63, 3.8) is 0 Å². The van der Waals surface area contributed by atoms with Crippen LogP contribution in [0.5, 0.6) is 0 Å². The molecule has 0 atom stereocenters. The highest BCUT2D eigenvalue weighted by molar-refractivity contribution is 6.33. The fourth-order valence-electron chi connectivity index (χ4n) is 4.14. The van der Waals surface area contributed by atoms with Gasteiger partial charge in [0.25, 0.3) is 5.91 Å². The number of carbonyl (C=O) groups excluding carboxylic acids is 2. The average Bonchev–Trinajstić information content (AvgIpc) is 2.68. The Kier molecular flexibility index (Phi) is 6.95. The fraction of sp³-hybridized carbons (Fsp3) is 0.619. The Morgan fingerprint density at radius 3 is 2.42 bits per heavy atom. The van der Waals surface area contributed by atoms with Crippen molar-refractivity contribution in [2.75, 3.05) is 13.1 Å². The summed E-state index contributed by atoms with van der Waals surface area (Å²) in [7, 11) is 0. The zero-order chi connectivity index (χ0) is 18.4. The van der Waals surface area contributed by atoms with Gasteiger partial charge in [0.1, 0.15) is 0 Å². The summed E-state index contributed by atoms with van der Waals surface area (Å²) in [6.45, 7) is 1.33. The molecule has 142 valence electrons. The van der Waals surface area contributed by atoms with Crippen molar-refractivity contribution >= 4 is 23.4 Å². The van der Waals surface area contributed by atoms with E-state index in [-0.39, 0.29) is 17.9 Å². The number of nitrogens with one attached hydrogen (secondary N) is 1. The molecule has 0 unspecified atom stereocenters. The highest BCUT2D eigenvalue weighted by atomic mass is 35.5. The van der Waals surface area contributed by atoms with Crippen LogP contribution in [0.2, 0.25) is 5.02 Å². The van der Waals surface area contributed by atoms with Gasteiger partial charge in [-0.1, -0.05) is 55.8 Å². The van der Waals surface area contributed by atoms with Crippen LogP contribution in [-0.4, -0.2) is 35.8 Å². The number of hydrogen-bond acceptors (Lipinski definition) is 2. The minimum atomic E-state index is -0.0160. The zero-order valence-electron chi connectivity index (χ0n) is 15.4. The molecule has 1 saturated carbocycles. The second kappa shape index (κ2) is 9.40. The number of rotatable bonds is 5. The van der Waals surface area contributed by atoms with Crippen LogP contribution in [0.25, 0.3) is 0 Å². The number of amides is 2. The van der Waals surface area contributed by atoms with Gasteiger partial charge in [0.05, 0.1) is 10.6 Å². The highest BCUT2D eigenvalue weighted by Crippen LogP contribution is 2.27. The maximum absolute atomic E-state index is 12.6. The van der Waals surface area contributed by atoms with Crippen molar-refractivity contribution in [3.05, 3.63) is 34.9 Å². The SMILES string of the molecule is O=C(CCC1CCCCC1)NC1CCN(C(=O)c2ccccc2Cl)CC1. The Morgan fingerprint density at radius 1 is 1.04 bits per heavy atom. The summed E-state index contributed by atoms with van der Waals surface area (Å²) in [5.41, 5.74) is 0.559. The van der Waals surface area contributed by atoms with Gasteiger partial charge < -0.3 is 10.2 Å². The standard InChI is InChI=1S/C21H29ClN2O2/c22-19-9-5-4-8-18(19)21(26)24-14-12-17(13-15-24)23-20(25)11-10-16-6-2-1-3-7-16/h4-5,8-9,16-17H,1-3,6-7,10-15H2,(H,23,25). The van der Waals surface area contributed by atoms with Crippen LogP contribution >= 0.6 is 11.6 Å². The monoisotopic (exact) mass is 376 g/mol. The quantitative estimate of drug-likeness (QED) is 0.826. The molecule has 1 aliphatic heterocycles. The molecule has 0 radical (unpaired) electrons. The average molecular weight is 377 g/mol. The summed E-state index contributed by atoms with van der Waals surface area (Å²) in [6.07, 6.45) is 9.87. The normalized spacial score (nSPS) is 19.3. The number of hydrogen-bond donors (Lipinski definition) is 1. The topological polar surface area (TPSA) is 49.4 Å². The van der Waals surface area contributed by atoms with Gasteiger partial charge >= 0.3 is 0 Å². The Hall–Kier alpha value is -1.55. The number of likely N-dealkylation sites (tertiary alicyclic amines) is 1. The third kappa shape index (κ3) is 5.23. The summed E-state index contributed by atoms with van der Waals surface area (Å²) in [6, 6.07) is 7.36. The van der Waals surface area contributed by atoms with E-state index in [9.17, 15) is 9.59 Å². The van der Waals surface area contributed by atoms with Gasteiger partial charge in [0.2, 0.25) is 5.91 Å². The maximum atomic E-state index is 12.6. The van der Waals surface area contributed by atoms with Crippen molar-refractivity contribution in [2.24, 2.45) is 5.92 Å². The van der Waals surface area contributed by atoms with E-state index < -0.39 is 0 Å². The van der Waals surface area contributed by atoms with Crippen LogP contribution in [0.4, 0.5) is 0 Å². The van der Waals surface area contributed by atoms with Crippen LogP contribution in [0.1, 0.15) is 68.1 Å². The summed E-state index contributed by atoms with van der Waals surface area (Å²) in [4.78, 5) is 26.6. The van der Waals surface area contributed by atoms with Gasteiger partial charge in [-0.3, -0.25) is 9.59 Å². The molecule has 2 fully saturated rings. The van der Waals surface area contributed by atoms with Crippen molar-refractivity contribution < 1.29 is 9.59 Å². The second-order valence-electron chi connectivity index (χ2n) is 7.66. The Balaban J connectivity index is 1.40. The highest BCUT2D eigenvalue weighted by Gasteiger charge is 2.25. The number of carbonyl (C=O) groups is 2. The van der Waals surface area contributed by atoms with E-state index in [0.29, 0.717) is 30.1 Å². The predicted molar refractivity (Wildman–Crippen MR) is 104 cm³/mol. The minimum absolute atomic E-state index is 0.0160. The zero-order valence-corrected chi connectivity index (χ0v) is 16.1. The molecule has 5 heteroatoms. The Morgan fingerprint density at radius 2 is 1.73 bits per heavy atom. The molecule has 0 aromatic heterocycles. The van der Waals surface area contributed by atoms with Crippen molar-refractivity contribution in [1.82, 2.24) is 10.2 Å². The smallest absolute Gasteiger partial charge is 0.255 e. The second-order valence-corrected chi connectivity index (χ2v) is 8.06. The van der Waals surface area contributed by atoms with Gasteiger partial charge in [-0.15, -0.1) is 0 Å². The van der Waals surface area contributed by atoms with Crippen LogP contribution < -0.4 is 5.32 Å². The van der Waals surface area contributed by atoms with Crippen LogP contribution in [-0.2, 0) is 4.79 Å². The number of nitrogens with zero attached hydrogens (tertiary/aromatic N) is 1. The summed E-state index contributed by atoms with van der Waals surface area (Å²) >= 11 is 6.13. The molecule has 1 N–H and O–H groups in total. The molecule has 4 nitrogen and oxygen atoms in total. The lowest BCUT2D eigenvalue weighted by molar-refractivity contribution is -0.122. The lowest BCUT2D eigenvalue weighted by atomic mass is 9.86. The Labute approximate surface area is 161 Å². The first-order valence-electron chi connectivity index (χ1n) is 9.96. The minimum Gasteiger partial charge on any atom is -0.353 e. The molecule has 1 saturated heterocycles. The summed E-state index contributed by atoms with van der Waals surface area (Å²) in [5.74, 6) is 0.897. The summed E-state index contributed by atoms with van der Waals surface area (Å²) in [5, 5.41) is 3.66. The third-order valence-electron chi connectivity index (χ3n) is 5.76. The van der Waals surface area contributed by atoms with Crippen molar-refractivity contribution in [1.29, 1.82) is 0 Å². The van der Waals surface area contributed by atoms with Gasteiger partial charge in [-0.25, -0.2) is 0 Å². The van der Waals surface area contributed by atoms with E-state index in [0.717, 1.165) is 25.2 Å². The largest absolute Gasteiger partial charge is 0.353 e. The first kappa shape index (κ1) is 19.2. The molecule has 0 spiro atoms. The van der Waals surface area contributed by atoms with Crippen LogP contribution in [0, 0.1) is 5.92 Å². The fourth-order valence-corrected chi connectivity index (χ4v) is 4.36. The lowest BCUT2D eigenvalue weighted by Gasteiger charge is -2.32. The van der Waals surface area contributed by atoms with E-state index >= 15 is 0 Å². The molecule has 3 rings (SSSR count). The van der Waals surface area contributed by atoms with E-state index in [1.807, 2.05) is 17.0 Å². The molecule has 2 aliphatic rings. The Bertz CT molecular complexity index is 620. The molecule has 1 aliphatic carbocycles. The van der Waals surface area contributed by atoms with Crippen molar-refractivity contribution in [3.8, 4) is 0 Å². The first-order chi connectivity index (χ1) is 12.6. The first-order valence-corrected chi connectivity index (χ1v) is 10.3. The molecular weight excluding hydrogens is 348 g/mol. The van der Waals surface area contributed by atoms with E-state index in [4.69, 9.17) is 11.6 Å². The summed E-state index contributed by atoms with van der Waals surface area (Å²) < 4.78 is 0. The molecule has 1 aromatic carbocycles. The van der Waals surface area contributed by atoms with Gasteiger partial charge in [0, 0.05) is 25.6 Å². The molecular formula is C21H29ClN2O2.